The molecule has 0 N–H and O–H groups in total. The molecule has 92 valence electrons. The van der Waals surface area contributed by atoms with E-state index in [2.05, 4.69) is 4.98 Å². The van der Waals surface area contributed by atoms with Crippen LogP contribution in [0.2, 0.25) is 0 Å². The van der Waals surface area contributed by atoms with Gasteiger partial charge < -0.3 is 10.1 Å². The van der Waals surface area contributed by atoms with Crippen molar-refractivity contribution < 1.29 is 13.3 Å². The summed E-state index contributed by atoms with van der Waals surface area (Å²) in [4.78, 5) is 13.3. The fourth-order valence-electron chi connectivity index (χ4n) is 1.38. The Bertz CT molecular complexity index is 666. The highest BCUT2D eigenvalue weighted by atomic mass is 32.2. The van der Waals surface area contributed by atoms with E-state index in [9.17, 15) is 18.5 Å². The smallest absolute Gasteiger partial charge is 0.358 e. The summed E-state index contributed by atoms with van der Waals surface area (Å²) in [5.41, 5.74) is 0. The average Bonchev–Trinajstić information content (AvgIpc) is 2.40. The molecule has 0 spiro atoms. The largest absolute Gasteiger partial charge is 0.363 e. The number of nitrogens with zero attached hydrogens (tertiary/aromatic N) is 2. The van der Waals surface area contributed by atoms with Gasteiger partial charge in [0.05, 0.1) is 4.90 Å². The van der Waals surface area contributed by atoms with Gasteiger partial charge in [-0.15, -0.1) is 0 Å². The molecule has 1 aromatic carbocycles. The van der Waals surface area contributed by atoms with Gasteiger partial charge in [-0.3, -0.25) is 0 Å². The van der Waals surface area contributed by atoms with Crippen LogP contribution in [0.4, 0.5) is 5.82 Å². The van der Waals surface area contributed by atoms with Crippen LogP contribution in [0.5, 0.6) is 0 Å². The van der Waals surface area contributed by atoms with Gasteiger partial charge in [-0.25, -0.2) is 8.42 Å². The van der Waals surface area contributed by atoms with Gasteiger partial charge in [0.15, 0.2) is 6.20 Å². The Balaban J connectivity index is 2.46. The zero-order valence-corrected chi connectivity index (χ0v) is 9.87. The van der Waals surface area contributed by atoms with Gasteiger partial charge in [-0.2, -0.15) is 0 Å². The first-order valence-corrected chi connectivity index (χ1v) is 6.41. The third-order valence-electron chi connectivity index (χ3n) is 2.27. The summed E-state index contributed by atoms with van der Waals surface area (Å²) in [7, 11) is -3.67. The van der Waals surface area contributed by atoms with Crippen LogP contribution in [-0.2, 0) is 9.84 Å². The first-order valence-electron chi connectivity index (χ1n) is 4.92. The fourth-order valence-corrected chi connectivity index (χ4v) is 2.60. The Kier molecular flexibility index (Phi) is 3.07. The molecule has 0 aliphatic rings. The molecule has 0 atom stereocenters. The van der Waals surface area contributed by atoms with E-state index in [-0.39, 0.29) is 15.6 Å². The highest BCUT2D eigenvalue weighted by molar-refractivity contribution is 7.91. The maximum atomic E-state index is 12.1. The predicted octanol–water partition coefficient (Wildman–Crippen LogP) is 1.82. The zero-order valence-electron chi connectivity index (χ0n) is 9.05. The molecule has 0 aliphatic heterocycles. The minimum absolute atomic E-state index is 0.0701. The molecular weight excluding hydrogens is 256 g/mol. The number of rotatable bonds is 3. The topological polar surface area (TPSA) is 90.2 Å². The number of sulfone groups is 1. The molecule has 18 heavy (non-hydrogen) atoms. The Hall–Kier alpha value is -2.28. The van der Waals surface area contributed by atoms with Crippen molar-refractivity contribution in [3.63, 3.8) is 0 Å². The molecule has 0 fully saturated rings. The molecule has 1 heterocycles. The van der Waals surface area contributed by atoms with E-state index < -0.39 is 14.8 Å². The number of pyridine rings is 1. The van der Waals surface area contributed by atoms with Crippen molar-refractivity contribution in [3.8, 4) is 0 Å². The van der Waals surface area contributed by atoms with Gasteiger partial charge in [-0.1, -0.05) is 18.2 Å². The molecule has 0 amide bonds. The Morgan fingerprint density at radius 1 is 1.00 bits per heavy atom. The summed E-state index contributed by atoms with van der Waals surface area (Å²) in [6.45, 7) is 0. The highest BCUT2D eigenvalue weighted by Crippen LogP contribution is 2.20. The molecule has 0 bridgehead atoms. The Morgan fingerprint density at radius 2 is 1.67 bits per heavy atom. The van der Waals surface area contributed by atoms with Gasteiger partial charge in [0.2, 0.25) is 9.84 Å². The molecule has 1 aromatic heterocycles. The van der Waals surface area contributed by atoms with E-state index in [1.54, 1.807) is 18.2 Å². The van der Waals surface area contributed by atoms with Crippen molar-refractivity contribution in [1.82, 2.24) is 4.98 Å². The molecule has 0 unspecified atom stereocenters. The van der Waals surface area contributed by atoms with Crippen molar-refractivity contribution in [3.05, 3.63) is 58.8 Å². The predicted molar refractivity (Wildman–Crippen MR) is 62.8 cm³/mol. The lowest BCUT2D eigenvalue weighted by atomic mass is 10.4. The summed E-state index contributed by atoms with van der Waals surface area (Å²) >= 11 is 0. The molecule has 6 nitrogen and oxygen atoms in total. The van der Waals surface area contributed by atoms with Crippen LogP contribution in [0.25, 0.3) is 0 Å². The quantitative estimate of drug-likeness (QED) is 0.623. The number of nitro groups is 1. The van der Waals surface area contributed by atoms with E-state index >= 15 is 0 Å². The van der Waals surface area contributed by atoms with E-state index in [0.29, 0.717) is 0 Å². The molecule has 0 saturated heterocycles. The SMILES string of the molecule is O=[N+]([O-])c1ccc(S(=O)(=O)c2ccccc2)cn1. The number of hydrogen-bond donors (Lipinski definition) is 0. The molecule has 0 saturated carbocycles. The van der Waals surface area contributed by atoms with Gasteiger partial charge in [-0.05, 0) is 28.1 Å². The second kappa shape index (κ2) is 4.53. The van der Waals surface area contributed by atoms with Gasteiger partial charge in [0.1, 0.15) is 4.90 Å². The number of aromatic nitrogens is 1. The minimum Gasteiger partial charge on any atom is -0.358 e. The third kappa shape index (κ3) is 2.21. The van der Waals surface area contributed by atoms with Crippen LogP contribution >= 0.6 is 0 Å². The van der Waals surface area contributed by atoms with Gasteiger partial charge >= 0.3 is 5.82 Å². The van der Waals surface area contributed by atoms with Crippen LogP contribution in [0.3, 0.4) is 0 Å². The van der Waals surface area contributed by atoms with Crippen molar-refractivity contribution in [2.45, 2.75) is 9.79 Å². The second-order valence-corrected chi connectivity index (χ2v) is 5.38. The fraction of sp³-hybridized carbons (Fsp3) is 0. The lowest BCUT2D eigenvalue weighted by Gasteiger charge is -2.02. The van der Waals surface area contributed by atoms with Gasteiger partial charge in [0.25, 0.3) is 0 Å². The second-order valence-electron chi connectivity index (χ2n) is 3.43. The number of benzene rings is 1. The first-order chi connectivity index (χ1) is 8.51. The lowest BCUT2D eigenvalue weighted by Crippen LogP contribution is -2.03. The summed E-state index contributed by atoms with van der Waals surface area (Å²) in [5, 5.41) is 10.4. The monoisotopic (exact) mass is 264 g/mol. The van der Waals surface area contributed by atoms with Gasteiger partial charge in [0, 0.05) is 6.07 Å². The average molecular weight is 264 g/mol. The van der Waals surface area contributed by atoms with Crippen LogP contribution in [0, 0.1) is 10.1 Å². The molecular formula is C11H8N2O4S. The summed E-state index contributed by atoms with van der Waals surface area (Å²) in [5.74, 6) is -0.387. The summed E-state index contributed by atoms with van der Waals surface area (Å²) < 4.78 is 24.2. The van der Waals surface area contributed by atoms with E-state index in [4.69, 9.17) is 0 Å². The van der Waals surface area contributed by atoms with Crippen molar-refractivity contribution in [1.29, 1.82) is 0 Å². The van der Waals surface area contributed by atoms with Crippen molar-refractivity contribution >= 4 is 15.7 Å². The number of hydrogen-bond acceptors (Lipinski definition) is 5. The maximum Gasteiger partial charge on any atom is 0.363 e. The summed E-state index contributed by atoms with van der Waals surface area (Å²) in [6.07, 6.45) is 0.987. The molecule has 2 rings (SSSR count). The Morgan fingerprint density at radius 3 is 2.17 bits per heavy atom. The normalized spacial score (nSPS) is 11.1. The zero-order chi connectivity index (χ0) is 13.2. The minimum atomic E-state index is -3.67. The maximum absolute atomic E-state index is 12.1. The van der Waals surface area contributed by atoms with Crippen molar-refractivity contribution in [2.24, 2.45) is 0 Å². The highest BCUT2D eigenvalue weighted by Gasteiger charge is 2.20. The first kappa shape index (κ1) is 12.2. The Labute approximate surface area is 103 Å². The molecule has 0 radical (unpaired) electrons. The summed E-state index contributed by atoms with van der Waals surface area (Å²) in [6, 6.07) is 10.1. The van der Waals surface area contributed by atoms with E-state index in [0.717, 1.165) is 12.3 Å². The third-order valence-corrected chi connectivity index (χ3v) is 4.03. The van der Waals surface area contributed by atoms with E-state index in [1.165, 1.54) is 18.2 Å². The van der Waals surface area contributed by atoms with Crippen LogP contribution in [0.1, 0.15) is 0 Å². The molecule has 7 heteroatoms. The van der Waals surface area contributed by atoms with Crippen LogP contribution < -0.4 is 0 Å². The standard InChI is InChI=1S/C11H8N2O4S/c14-13(15)11-7-6-10(8-12-11)18(16,17)9-4-2-1-3-5-9/h1-8H. The molecule has 0 aliphatic carbocycles. The van der Waals surface area contributed by atoms with E-state index in [1.807, 2.05) is 0 Å². The van der Waals surface area contributed by atoms with Crippen molar-refractivity contribution in [2.75, 3.05) is 0 Å². The van der Waals surface area contributed by atoms with Crippen LogP contribution in [0.15, 0.2) is 58.5 Å². The lowest BCUT2D eigenvalue weighted by molar-refractivity contribution is -0.389. The van der Waals surface area contributed by atoms with Crippen LogP contribution in [-0.4, -0.2) is 18.3 Å². The molecule has 2 aromatic rings.